The molecule has 1 heterocycles. The van der Waals surface area contributed by atoms with Gasteiger partial charge in [-0.05, 0) is 28.8 Å². The van der Waals surface area contributed by atoms with E-state index in [-0.39, 0.29) is 6.04 Å². The van der Waals surface area contributed by atoms with E-state index < -0.39 is 0 Å². The lowest BCUT2D eigenvalue weighted by Crippen LogP contribution is -2.13. The predicted molar refractivity (Wildman–Crippen MR) is 80.5 cm³/mol. The van der Waals surface area contributed by atoms with Crippen LogP contribution >= 0.6 is 0 Å². The molecule has 1 unspecified atom stereocenters. The van der Waals surface area contributed by atoms with Gasteiger partial charge >= 0.3 is 0 Å². The van der Waals surface area contributed by atoms with Gasteiger partial charge in [-0.1, -0.05) is 18.2 Å². The van der Waals surface area contributed by atoms with E-state index in [9.17, 15) is 0 Å². The van der Waals surface area contributed by atoms with Crippen molar-refractivity contribution in [1.82, 2.24) is 0 Å². The zero-order chi connectivity index (χ0) is 14.8. The van der Waals surface area contributed by atoms with Crippen molar-refractivity contribution in [2.45, 2.75) is 19.3 Å². The predicted octanol–water partition coefficient (Wildman–Crippen LogP) is 2.78. The van der Waals surface area contributed by atoms with Gasteiger partial charge in [0.2, 0.25) is 0 Å². The number of ether oxygens (including phenoxy) is 3. The lowest BCUT2D eigenvalue weighted by molar-refractivity contribution is 0.134. The molecule has 2 aromatic carbocycles. The summed E-state index contributed by atoms with van der Waals surface area (Å²) in [5.74, 6) is 1.49. The molecule has 0 bridgehead atoms. The normalized spacial score (nSPS) is 14.6. The Morgan fingerprint density at radius 1 is 1.00 bits per heavy atom. The number of rotatable bonds is 4. The van der Waals surface area contributed by atoms with Crippen LogP contribution in [0.15, 0.2) is 36.4 Å². The fraction of sp³-hybridized carbons (Fsp3) is 0.294. The van der Waals surface area contributed by atoms with Crippen molar-refractivity contribution < 1.29 is 14.2 Å². The third kappa shape index (κ3) is 2.60. The molecule has 4 nitrogen and oxygen atoms in total. The van der Waals surface area contributed by atoms with Crippen molar-refractivity contribution in [2.75, 3.05) is 14.2 Å². The largest absolute Gasteiger partial charge is 0.497 e. The zero-order valence-corrected chi connectivity index (χ0v) is 12.3. The Balaban J connectivity index is 1.96. The van der Waals surface area contributed by atoms with Crippen molar-refractivity contribution in [3.05, 3.63) is 58.7 Å². The molecule has 0 amide bonds. The van der Waals surface area contributed by atoms with Gasteiger partial charge in [0.15, 0.2) is 0 Å². The molecule has 0 fully saturated rings. The first-order valence-electron chi connectivity index (χ1n) is 6.90. The molecule has 0 aromatic heterocycles. The Kier molecular flexibility index (Phi) is 3.82. The zero-order valence-electron chi connectivity index (χ0n) is 12.3. The van der Waals surface area contributed by atoms with Crippen molar-refractivity contribution in [2.24, 2.45) is 5.73 Å². The van der Waals surface area contributed by atoms with Crippen LogP contribution in [0.2, 0.25) is 0 Å². The second-order valence-electron chi connectivity index (χ2n) is 5.11. The Morgan fingerprint density at radius 3 is 2.57 bits per heavy atom. The van der Waals surface area contributed by atoms with E-state index in [1.165, 1.54) is 11.1 Å². The fourth-order valence-corrected chi connectivity index (χ4v) is 2.64. The number of fused-ring (bicyclic) bond motifs is 1. The molecule has 110 valence electrons. The second-order valence-corrected chi connectivity index (χ2v) is 5.11. The molecule has 1 atom stereocenters. The standard InChI is InChI=1S/C17H19NO3/c1-19-14-5-6-15(16(8-14)20-2)17(18)11-3-4-12-9-21-10-13(12)7-11/h3-8,17H,9-10,18H2,1-2H3. The minimum absolute atomic E-state index is 0.239. The quantitative estimate of drug-likeness (QED) is 0.938. The third-order valence-electron chi connectivity index (χ3n) is 3.88. The first-order chi connectivity index (χ1) is 10.2. The summed E-state index contributed by atoms with van der Waals surface area (Å²) in [4.78, 5) is 0. The Morgan fingerprint density at radius 2 is 1.81 bits per heavy atom. The summed E-state index contributed by atoms with van der Waals surface area (Å²) in [6, 6.07) is 11.7. The highest BCUT2D eigenvalue weighted by molar-refractivity contribution is 5.47. The van der Waals surface area contributed by atoms with Crippen LogP contribution in [-0.2, 0) is 18.0 Å². The smallest absolute Gasteiger partial charge is 0.127 e. The summed E-state index contributed by atoms with van der Waals surface area (Å²) in [7, 11) is 3.27. The van der Waals surface area contributed by atoms with Gasteiger partial charge in [0.05, 0.1) is 33.5 Å². The van der Waals surface area contributed by atoms with Gasteiger partial charge in [-0.15, -0.1) is 0 Å². The van der Waals surface area contributed by atoms with E-state index >= 15 is 0 Å². The lowest BCUT2D eigenvalue weighted by atomic mass is 9.95. The molecule has 2 N–H and O–H groups in total. The molecule has 1 aliphatic rings. The number of benzene rings is 2. The van der Waals surface area contributed by atoms with Gasteiger partial charge in [-0.25, -0.2) is 0 Å². The van der Waals surface area contributed by atoms with Gasteiger partial charge in [-0.2, -0.15) is 0 Å². The molecule has 0 saturated carbocycles. The van der Waals surface area contributed by atoms with Crippen LogP contribution in [0.3, 0.4) is 0 Å². The Labute approximate surface area is 124 Å². The average Bonchev–Trinajstić information content (AvgIpc) is 3.01. The lowest BCUT2D eigenvalue weighted by Gasteiger charge is -2.17. The summed E-state index contributed by atoms with van der Waals surface area (Å²) >= 11 is 0. The van der Waals surface area contributed by atoms with Crippen molar-refractivity contribution in [3.8, 4) is 11.5 Å². The highest BCUT2D eigenvalue weighted by atomic mass is 16.5. The van der Waals surface area contributed by atoms with E-state index in [2.05, 4.69) is 18.2 Å². The SMILES string of the molecule is COc1ccc(C(N)c2ccc3c(c2)COC3)c(OC)c1. The van der Waals surface area contributed by atoms with Crippen molar-refractivity contribution >= 4 is 0 Å². The van der Waals surface area contributed by atoms with Crippen molar-refractivity contribution in [3.63, 3.8) is 0 Å². The van der Waals surface area contributed by atoms with Crippen LogP contribution in [0.5, 0.6) is 11.5 Å². The summed E-state index contributed by atoms with van der Waals surface area (Å²) in [6.07, 6.45) is 0. The van der Waals surface area contributed by atoms with Gasteiger partial charge in [0.1, 0.15) is 11.5 Å². The minimum Gasteiger partial charge on any atom is -0.497 e. The van der Waals surface area contributed by atoms with Crippen molar-refractivity contribution in [1.29, 1.82) is 0 Å². The third-order valence-corrected chi connectivity index (χ3v) is 3.88. The maximum absolute atomic E-state index is 6.42. The Hall–Kier alpha value is -2.04. The van der Waals surface area contributed by atoms with Gasteiger partial charge in [0.25, 0.3) is 0 Å². The topological polar surface area (TPSA) is 53.7 Å². The van der Waals surface area contributed by atoms with Crippen LogP contribution in [0.1, 0.15) is 28.3 Å². The van der Waals surface area contributed by atoms with Crippen LogP contribution in [-0.4, -0.2) is 14.2 Å². The van der Waals surface area contributed by atoms with E-state index in [1.807, 2.05) is 18.2 Å². The molecule has 1 aliphatic heterocycles. The molecule has 0 saturated heterocycles. The molecule has 0 spiro atoms. The molecule has 21 heavy (non-hydrogen) atoms. The number of nitrogens with two attached hydrogens (primary N) is 1. The molecule has 2 aromatic rings. The Bertz CT molecular complexity index is 654. The summed E-state index contributed by atoms with van der Waals surface area (Å²) in [5.41, 5.74) is 10.9. The van der Waals surface area contributed by atoms with Crippen LogP contribution in [0, 0.1) is 0 Å². The van der Waals surface area contributed by atoms with E-state index in [4.69, 9.17) is 19.9 Å². The molecule has 0 radical (unpaired) electrons. The monoisotopic (exact) mass is 285 g/mol. The van der Waals surface area contributed by atoms with Gasteiger partial charge in [-0.3, -0.25) is 0 Å². The van der Waals surface area contributed by atoms with Crippen LogP contribution < -0.4 is 15.2 Å². The second kappa shape index (κ2) is 5.76. The van der Waals surface area contributed by atoms with Gasteiger partial charge in [0, 0.05) is 11.6 Å². The van der Waals surface area contributed by atoms with Crippen LogP contribution in [0.4, 0.5) is 0 Å². The number of methoxy groups -OCH3 is 2. The van der Waals surface area contributed by atoms with E-state index in [1.54, 1.807) is 14.2 Å². The first kappa shape index (κ1) is 13.9. The summed E-state index contributed by atoms with van der Waals surface area (Å²) < 4.78 is 16.1. The summed E-state index contributed by atoms with van der Waals surface area (Å²) in [5, 5.41) is 0. The highest BCUT2D eigenvalue weighted by Gasteiger charge is 2.18. The average molecular weight is 285 g/mol. The van der Waals surface area contributed by atoms with Gasteiger partial charge < -0.3 is 19.9 Å². The summed E-state index contributed by atoms with van der Waals surface area (Å²) in [6.45, 7) is 1.35. The molecule has 0 aliphatic carbocycles. The first-order valence-corrected chi connectivity index (χ1v) is 6.90. The maximum Gasteiger partial charge on any atom is 0.127 e. The maximum atomic E-state index is 6.42. The van der Waals surface area contributed by atoms with E-state index in [0.29, 0.717) is 13.2 Å². The fourth-order valence-electron chi connectivity index (χ4n) is 2.64. The number of hydrogen-bond donors (Lipinski definition) is 1. The van der Waals surface area contributed by atoms with E-state index in [0.717, 1.165) is 22.6 Å². The highest BCUT2D eigenvalue weighted by Crippen LogP contribution is 2.33. The molecule has 4 heteroatoms. The number of hydrogen-bond acceptors (Lipinski definition) is 4. The molecular formula is C17H19NO3. The minimum atomic E-state index is -0.239. The van der Waals surface area contributed by atoms with Crippen LogP contribution in [0.25, 0.3) is 0 Å². The molecule has 3 rings (SSSR count). The molecular weight excluding hydrogens is 266 g/mol.